The van der Waals surface area contributed by atoms with E-state index in [9.17, 15) is 19.5 Å². The van der Waals surface area contributed by atoms with Gasteiger partial charge in [-0.2, -0.15) is 0 Å². The van der Waals surface area contributed by atoms with E-state index in [0.717, 1.165) is 5.56 Å². The molecule has 3 saturated heterocycles. The summed E-state index contributed by atoms with van der Waals surface area (Å²) in [5, 5.41) is 9.74. The van der Waals surface area contributed by atoms with Gasteiger partial charge in [-0.1, -0.05) is 49.4 Å². The molecule has 2 aromatic carbocycles. The fourth-order valence-electron chi connectivity index (χ4n) is 7.75. The Hall–Kier alpha value is -3.95. The van der Waals surface area contributed by atoms with Crippen LogP contribution in [0.5, 0.6) is 5.75 Å². The molecule has 3 aliphatic rings. The topological polar surface area (TPSA) is 99.6 Å². The number of aliphatic hydroxyl groups excluding tert-OH is 1. The molecule has 0 saturated carbocycles. The average Bonchev–Trinajstić information content (AvgIpc) is 3.55. The predicted molar refractivity (Wildman–Crippen MR) is 172 cm³/mol. The van der Waals surface area contributed by atoms with Crippen LogP contribution in [0, 0.1) is 17.8 Å². The van der Waals surface area contributed by atoms with Crippen LogP contribution >= 0.6 is 0 Å². The summed E-state index contributed by atoms with van der Waals surface area (Å²) in [7, 11) is 0. The largest absolute Gasteiger partial charge is 0.494 e. The van der Waals surface area contributed by atoms with Crippen LogP contribution in [0.1, 0.15) is 39.2 Å². The molecule has 1 spiro atoms. The number of carbonyl (C=O) groups is 3. The van der Waals surface area contributed by atoms with Gasteiger partial charge in [0, 0.05) is 38.5 Å². The van der Waals surface area contributed by atoms with Crippen LogP contribution in [-0.4, -0.2) is 82.7 Å². The van der Waals surface area contributed by atoms with Gasteiger partial charge in [0.25, 0.3) is 0 Å². The summed E-state index contributed by atoms with van der Waals surface area (Å²) in [6.45, 7) is 15.1. The zero-order valence-electron chi connectivity index (χ0n) is 26.6. The number of aliphatic hydroxyl groups is 1. The van der Waals surface area contributed by atoms with Gasteiger partial charge in [-0.25, -0.2) is 0 Å². The summed E-state index contributed by atoms with van der Waals surface area (Å²) in [6.07, 6.45) is 4.11. The van der Waals surface area contributed by atoms with E-state index >= 15 is 0 Å². The summed E-state index contributed by atoms with van der Waals surface area (Å²) < 4.78 is 12.5. The lowest BCUT2D eigenvalue weighted by Crippen LogP contribution is -2.57. The highest BCUT2D eigenvalue weighted by Crippen LogP contribution is 2.65. The Kier molecular flexibility index (Phi) is 9.51. The van der Waals surface area contributed by atoms with Gasteiger partial charge in [0.05, 0.1) is 24.0 Å². The van der Waals surface area contributed by atoms with E-state index in [1.54, 1.807) is 26.9 Å². The molecule has 3 unspecified atom stereocenters. The number of likely N-dealkylation sites (tertiary alicyclic amines) is 1. The maximum atomic E-state index is 14.7. The zero-order valence-corrected chi connectivity index (χ0v) is 26.6. The van der Waals surface area contributed by atoms with Gasteiger partial charge in [0.2, 0.25) is 17.7 Å². The van der Waals surface area contributed by atoms with Crippen molar-refractivity contribution in [1.29, 1.82) is 0 Å². The number of fused-ring (bicyclic) bond motifs is 1. The van der Waals surface area contributed by atoms with E-state index in [0.29, 0.717) is 37.4 Å². The van der Waals surface area contributed by atoms with Crippen LogP contribution in [0.15, 0.2) is 79.9 Å². The number of rotatable bonds is 14. The van der Waals surface area contributed by atoms with Crippen molar-refractivity contribution in [2.45, 2.75) is 57.4 Å². The van der Waals surface area contributed by atoms with Gasteiger partial charge in [-0.3, -0.25) is 14.4 Å². The average molecular weight is 616 g/mol. The molecule has 3 aliphatic heterocycles. The molecule has 240 valence electrons. The number of amides is 3. The lowest BCUT2D eigenvalue weighted by Gasteiger charge is -2.39. The molecule has 9 nitrogen and oxygen atoms in total. The Bertz CT molecular complexity index is 1410. The highest BCUT2D eigenvalue weighted by Gasteiger charge is 2.80. The van der Waals surface area contributed by atoms with Crippen molar-refractivity contribution >= 4 is 23.4 Å². The standard InChI is InChI=1S/C36H45N3O6/c1-6-19-37(24-26-13-10-9-11-14-26)34(43)31-36-23-25(4)35(5,45-36)29(30(36)33(42)39(31)21-12-22-40)32(41)38(20-7-2)27-15-17-28(18-16-27)44-8-3/h6-7,9-11,13-18,25,29-31,40H,1-2,8,12,19-24H2,3-5H3/t25?,29-,30-,31?,35+,36?/m0/s1. The molecule has 2 bridgehead atoms. The van der Waals surface area contributed by atoms with Crippen LogP contribution in [0.3, 0.4) is 0 Å². The highest BCUT2D eigenvalue weighted by molar-refractivity contribution is 6.03. The van der Waals surface area contributed by atoms with Crippen LogP contribution in [-0.2, 0) is 25.7 Å². The minimum absolute atomic E-state index is 0.100. The third-order valence-corrected chi connectivity index (χ3v) is 9.79. The third-order valence-electron chi connectivity index (χ3n) is 9.79. The molecule has 2 aromatic rings. The smallest absolute Gasteiger partial charge is 0.248 e. The lowest BCUT2D eigenvalue weighted by molar-refractivity contribution is -0.152. The van der Waals surface area contributed by atoms with Crippen molar-refractivity contribution in [3.8, 4) is 5.75 Å². The van der Waals surface area contributed by atoms with Crippen molar-refractivity contribution in [3.05, 3.63) is 85.5 Å². The molecular formula is C36H45N3O6. The quantitative estimate of drug-likeness (QED) is 0.320. The zero-order chi connectivity index (χ0) is 32.4. The predicted octanol–water partition coefficient (Wildman–Crippen LogP) is 4.21. The molecule has 45 heavy (non-hydrogen) atoms. The van der Waals surface area contributed by atoms with Crippen molar-refractivity contribution in [2.75, 3.05) is 37.7 Å². The maximum absolute atomic E-state index is 14.7. The first-order chi connectivity index (χ1) is 21.7. The van der Waals surface area contributed by atoms with Crippen molar-refractivity contribution in [1.82, 2.24) is 9.80 Å². The number of carbonyl (C=O) groups excluding carboxylic acids is 3. The van der Waals surface area contributed by atoms with E-state index in [2.05, 4.69) is 13.2 Å². The molecule has 1 N–H and O–H groups in total. The van der Waals surface area contributed by atoms with Gasteiger partial charge < -0.3 is 29.3 Å². The van der Waals surface area contributed by atoms with Crippen LogP contribution in [0.4, 0.5) is 5.69 Å². The summed E-state index contributed by atoms with van der Waals surface area (Å²) in [6, 6.07) is 16.0. The van der Waals surface area contributed by atoms with Crippen LogP contribution < -0.4 is 9.64 Å². The van der Waals surface area contributed by atoms with Crippen molar-refractivity contribution < 1.29 is 29.0 Å². The second-order valence-electron chi connectivity index (χ2n) is 12.5. The maximum Gasteiger partial charge on any atom is 0.248 e. The number of hydrogen-bond donors (Lipinski definition) is 1. The van der Waals surface area contributed by atoms with Gasteiger partial charge in [0.15, 0.2) is 0 Å². The van der Waals surface area contributed by atoms with E-state index in [1.165, 1.54) is 0 Å². The van der Waals surface area contributed by atoms with E-state index in [1.807, 2.05) is 75.4 Å². The SMILES string of the molecule is C=CCN(Cc1ccccc1)C(=O)C1N(CCCO)C(=O)[C@@H]2[C@@H](C(=O)N(CC=C)c3ccc(OCC)cc3)[C@]3(C)OC12CC3C. The molecule has 0 aromatic heterocycles. The Balaban J connectivity index is 1.56. The first-order valence-corrected chi connectivity index (χ1v) is 15.9. The minimum Gasteiger partial charge on any atom is -0.494 e. The Labute approximate surface area is 266 Å². The number of hydrogen-bond acceptors (Lipinski definition) is 6. The summed E-state index contributed by atoms with van der Waals surface area (Å²) in [5.74, 6) is -1.84. The van der Waals surface area contributed by atoms with E-state index in [4.69, 9.17) is 9.47 Å². The monoisotopic (exact) mass is 615 g/mol. The van der Waals surface area contributed by atoms with Crippen LogP contribution in [0.25, 0.3) is 0 Å². The second kappa shape index (κ2) is 13.2. The van der Waals surface area contributed by atoms with E-state index < -0.39 is 29.1 Å². The van der Waals surface area contributed by atoms with Gasteiger partial charge in [0.1, 0.15) is 17.4 Å². The fourth-order valence-corrected chi connectivity index (χ4v) is 7.75. The molecule has 9 heteroatoms. The third kappa shape index (κ3) is 5.57. The molecular weight excluding hydrogens is 570 g/mol. The molecule has 3 amide bonds. The summed E-state index contributed by atoms with van der Waals surface area (Å²) in [4.78, 5) is 48.7. The molecule has 5 rings (SSSR count). The first-order valence-electron chi connectivity index (χ1n) is 15.9. The Morgan fingerprint density at radius 3 is 2.40 bits per heavy atom. The Morgan fingerprint density at radius 1 is 1.09 bits per heavy atom. The van der Waals surface area contributed by atoms with Crippen LogP contribution in [0.2, 0.25) is 0 Å². The van der Waals surface area contributed by atoms with Gasteiger partial charge >= 0.3 is 0 Å². The number of benzene rings is 2. The molecule has 0 aliphatic carbocycles. The number of ether oxygens (including phenoxy) is 2. The fraction of sp³-hybridized carbons (Fsp3) is 0.472. The van der Waals surface area contributed by atoms with Crippen molar-refractivity contribution in [2.24, 2.45) is 17.8 Å². The van der Waals surface area contributed by atoms with E-state index in [-0.39, 0.29) is 49.9 Å². The molecule has 3 heterocycles. The minimum atomic E-state index is -1.19. The van der Waals surface area contributed by atoms with Gasteiger partial charge in [-0.15, -0.1) is 13.2 Å². The highest BCUT2D eigenvalue weighted by atomic mass is 16.5. The first kappa shape index (κ1) is 32.4. The molecule has 3 fully saturated rings. The normalized spacial score (nSPS) is 28.1. The van der Waals surface area contributed by atoms with Gasteiger partial charge in [-0.05, 0) is 62.4 Å². The van der Waals surface area contributed by atoms with Crippen molar-refractivity contribution in [3.63, 3.8) is 0 Å². The number of anilines is 1. The summed E-state index contributed by atoms with van der Waals surface area (Å²) >= 11 is 0. The molecule has 0 radical (unpaired) electrons. The second-order valence-corrected chi connectivity index (χ2v) is 12.5. The number of nitrogens with zero attached hydrogens (tertiary/aromatic N) is 3. The summed E-state index contributed by atoms with van der Waals surface area (Å²) in [5.41, 5.74) is -0.542. The Morgan fingerprint density at radius 2 is 1.78 bits per heavy atom. The lowest BCUT2D eigenvalue weighted by atomic mass is 9.62. The molecule has 6 atom stereocenters.